The topological polar surface area (TPSA) is 44.6 Å². The number of rotatable bonds is 12. The van der Waals surface area contributed by atoms with Crippen LogP contribution < -0.4 is 10.1 Å². The molecule has 0 bridgehead atoms. The second-order valence-electron chi connectivity index (χ2n) is 7.89. The normalized spacial score (nSPS) is 12.4. The van der Waals surface area contributed by atoms with E-state index >= 15 is 4.39 Å². The van der Waals surface area contributed by atoms with E-state index in [9.17, 15) is 0 Å². The number of benzene rings is 3. The minimum Gasteiger partial charge on any atom is -0.491 e. The summed E-state index contributed by atoms with van der Waals surface area (Å²) in [6, 6.07) is 19.8. The van der Waals surface area contributed by atoms with Crippen LogP contribution in [0.3, 0.4) is 0 Å². The van der Waals surface area contributed by atoms with Crippen molar-refractivity contribution in [2.24, 2.45) is 0 Å². The number of alkyl halides is 1. The summed E-state index contributed by atoms with van der Waals surface area (Å²) in [5, 5.41) is 5.40. The largest absolute Gasteiger partial charge is 0.491 e. The summed E-state index contributed by atoms with van der Waals surface area (Å²) in [6.07, 6.45) is -1.06. The zero-order valence-corrected chi connectivity index (χ0v) is 22.1. The molecule has 5 nitrogen and oxygen atoms in total. The number of nitrogens with zero attached hydrogens (tertiary/aromatic N) is 1. The molecule has 3 aromatic carbocycles. The van der Waals surface area contributed by atoms with E-state index in [1.807, 2.05) is 48.5 Å². The molecule has 0 aliphatic carbocycles. The third kappa shape index (κ3) is 6.30. The lowest BCUT2D eigenvalue weighted by Crippen LogP contribution is -2.21. The highest BCUT2D eigenvalue weighted by molar-refractivity contribution is 9.10. The highest BCUT2D eigenvalue weighted by Crippen LogP contribution is 2.33. The van der Waals surface area contributed by atoms with Crippen LogP contribution in [0.1, 0.15) is 0 Å². The molecule has 1 unspecified atom stereocenters. The molecule has 4 rings (SSSR count). The second kappa shape index (κ2) is 12.0. The zero-order chi connectivity index (χ0) is 23.9. The van der Waals surface area contributed by atoms with Crippen LogP contribution in [0.25, 0.3) is 21.8 Å². The van der Waals surface area contributed by atoms with Gasteiger partial charge in [0.1, 0.15) is 18.5 Å². The maximum atomic E-state index is 15.1. The highest BCUT2D eigenvalue weighted by Gasteiger charge is 2.15. The minimum absolute atomic E-state index is 0.210. The Balaban J connectivity index is 1.35. The molecule has 1 aromatic heterocycles. The molecule has 0 spiro atoms. The molecule has 34 heavy (non-hydrogen) atoms. The first-order valence-corrected chi connectivity index (χ1v) is 12.7. The van der Waals surface area contributed by atoms with Gasteiger partial charge < -0.3 is 24.1 Å². The first-order chi connectivity index (χ1) is 16.5. The Morgan fingerprint density at radius 2 is 1.47 bits per heavy atom. The van der Waals surface area contributed by atoms with E-state index in [1.54, 1.807) is 7.11 Å². The monoisotopic (exact) mass is 592 g/mol. The van der Waals surface area contributed by atoms with Crippen LogP contribution in [-0.4, -0.2) is 50.8 Å². The van der Waals surface area contributed by atoms with Crippen molar-refractivity contribution < 1.29 is 18.6 Å². The van der Waals surface area contributed by atoms with Crippen molar-refractivity contribution in [3.8, 4) is 5.75 Å². The number of nitrogens with one attached hydrogen (secondary N) is 1. The van der Waals surface area contributed by atoms with Gasteiger partial charge in [-0.2, -0.15) is 0 Å². The SMILES string of the molecule is COCCOCCOc1ccc(NCC(F)Cn2c3ccc(Br)cc3c3cc(Br)ccc32)cc1. The molecule has 1 N–H and O–H groups in total. The number of methoxy groups -OCH3 is 1. The van der Waals surface area contributed by atoms with Gasteiger partial charge in [-0.1, -0.05) is 31.9 Å². The predicted molar refractivity (Wildman–Crippen MR) is 143 cm³/mol. The van der Waals surface area contributed by atoms with Crippen molar-refractivity contribution in [1.29, 1.82) is 0 Å². The van der Waals surface area contributed by atoms with E-state index in [0.29, 0.717) is 26.4 Å². The molecule has 0 amide bonds. The number of aromatic nitrogens is 1. The summed E-state index contributed by atoms with van der Waals surface area (Å²) < 4.78 is 35.1. The summed E-state index contributed by atoms with van der Waals surface area (Å²) in [5.41, 5.74) is 2.89. The molecule has 0 radical (unpaired) electrons. The van der Waals surface area contributed by atoms with Gasteiger partial charge in [-0.3, -0.25) is 0 Å². The van der Waals surface area contributed by atoms with Crippen LogP contribution in [0.5, 0.6) is 5.75 Å². The van der Waals surface area contributed by atoms with Crippen molar-refractivity contribution in [2.75, 3.05) is 45.4 Å². The third-order valence-corrected chi connectivity index (χ3v) is 6.47. The number of fused-ring (bicyclic) bond motifs is 3. The maximum absolute atomic E-state index is 15.1. The molecular formula is C26H27Br2FN2O3. The average molecular weight is 594 g/mol. The van der Waals surface area contributed by atoms with Gasteiger partial charge in [0.05, 0.1) is 26.4 Å². The van der Waals surface area contributed by atoms with Gasteiger partial charge in [0, 0.05) is 50.1 Å². The summed E-state index contributed by atoms with van der Waals surface area (Å²) >= 11 is 7.11. The lowest BCUT2D eigenvalue weighted by molar-refractivity contribution is 0.0544. The van der Waals surface area contributed by atoms with Gasteiger partial charge >= 0.3 is 0 Å². The lowest BCUT2D eigenvalue weighted by atomic mass is 10.2. The van der Waals surface area contributed by atoms with E-state index < -0.39 is 6.17 Å². The van der Waals surface area contributed by atoms with E-state index in [1.165, 1.54) is 0 Å². The molecular weight excluding hydrogens is 567 g/mol. The molecule has 8 heteroatoms. The van der Waals surface area contributed by atoms with Crippen molar-refractivity contribution in [3.05, 3.63) is 69.6 Å². The number of halogens is 3. The predicted octanol–water partition coefficient (Wildman–Crippen LogP) is 6.81. The Labute approximate surface area is 215 Å². The average Bonchev–Trinajstić information content (AvgIpc) is 3.12. The Hall–Kier alpha value is -2.13. The van der Waals surface area contributed by atoms with Gasteiger partial charge in [-0.05, 0) is 60.7 Å². The van der Waals surface area contributed by atoms with E-state index in [-0.39, 0.29) is 13.1 Å². The molecule has 4 aromatic rings. The molecule has 1 atom stereocenters. The molecule has 0 saturated heterocycles. The van der Waals surface area contributed by atoms with Crippen LogP contribution in [-0.2, 0) is 16.0 Å². The number of ether oxygens (including phenoxy) is 3. The van der Waals surface area contributed by atoms with E-state index in [2.05, 4.69) is 53.9 Å². The fraction of sp³-hybridized carbons (Fsp3) is 0.308. The second-order valence-corrected chi connectivity index (χ2v) is 9.72. The molecule has 0 saturated carbocycles. The van der Waals surface area contributed by atoms with Gasteiger partial charge in [0.15, 0.2) is 0 Å². The standard InChI is InChI=1S/C26H27Br2FN2O3/c1-32-10-11-33-12-13-34-22-6-4-21(5-7-22)30-16-20(29)17-31-25-8-2-18(27)14-23(25)24-15-19(28)3-9-26(24)31/h2-9,14-15,20,30H,10-13,16-17H2,1H3. The van der Waals surface area contributed by atoms with Crippen LogP contribution in [0.15, 0.2) is 69.6 Å². The summed E-state index contributed by atoms with van der Waals surface area (Å²) in [4.78, 5) is 0. The number of anilines is 1. The van der Waals surface area contributed by atoms with Gasteiger partial charge in [-0.15, -0.1) is 0 Å². The third-order valence-electron chi connectivity index (χ3n) is 5.48. The number of hydrogen-bond acceptors (Lipinski definition) is 4. The fourth-order valence-electron chi connectivity index (χ4n) is 3.87. The summed E-state index contributed by atoms with van der Waals surface area (Å²) in [5.74, 6) is 0.750. The first kappa shape index (κ1) is 25.0. The molecule has 0 aliphatic rings. The van der Waals surface area contributed by atoms with Gasteiger partial charge in [0.25, 0.3) is 0 Å². The molecule has 180 valence electrons. The van der Waals surface area contributed by atoms with Crippen LogP contribution in [0, 0.1) is 0 Å². The van der Waals surface area contributed by atoms with Crippen LogP contribution in [0.2, 0.25) is 0 Å². The molecule has 0 aliphatic heterocycles. The summed E-state index contributed by atoms with van der Waals surface area (Å²) in [7, 11) is 1.64. The Bertz CT molecular complexity index is 1170. The smallest absolute Gasteiger partial charge is 0.135 e. The maximum Gasteiger partial charge on any atom is 0.135 e. The quantitative estimate of drug-likeness (QED) is 0.183. The molecule has 0 fully saturated rings. The summed E-state index contributed by atoms with van der Waals surface area (Å²) in [6.45, 7) is 2.57. The van der Waals surface area contributed by atoms with Gasteiger partial charge in [0.2, 0.25) is 0 Å². The highest BCUT2D eigenvalue weighted by atomic mass is 79.9. The first-order valence-electron chi connectivity index (χ1n) is 11.1. The van der Waals surface area contributed by atoms with Crippen LogP contribution >= 0.6 is 31.9 Å². The van der Waals surface area contributed by atoms with Crippen molar-refractivity contribution in [1.82, 2.24) is 4.57 Å². The van der Waals surface area contributed by atoms with Gasteiger partial charge in [-0.25, -0.2) is 4.39 Å². The van der Waals surface area contributed by atoms with Crippen LogP contribution in [0.4, 0.5) is 10.1 Å². The number of hydrogen-bond donors (Lipinski definition) is 1. The fourth-order valence-corrected chi connectivity index (χ4v) is 4.59. The zero-order valence-electron chi connectivity index (χ0n) is 18.9. The Morgan fingerprint density at radius 1 is 0.853 bits per heavy atom. The van der Waals surface area contributed by atoms with Crippen molar-refractivity contribution in [2.45, 2.75) is 12.7 Å². The van der Waals surface area contributed by atoms with E-state index in [4.69, 9.17) is 14.2 Å². The van der Waals surface area contributed by atoms with Crippen molar-refractivity contribution in [3.63, 3.8) is 0 Å². The van der Waals surface area contributed by atoms with Crippen molar-refractivity contribution >= 4 is 59.4 Å². The Kier molecular flexibility index (Phi) is 8.83. The Morgan fingerprint density at radius 3 is 2.09 bits per heavy atom. The molecule has 1 heterocycles. The minimum atomic E-state index is -1.06. The van der Waals surface area contributed by atoms with E-state index in [0.717, 1.165) is 42.2 Å². The lowest BCUT2D eigenvalue weighted by Gasteiger charge is -2.14.